The van der Waals surface area contributed by atoms with Gasteiger partial charge in [-0.3, -0.25) is 0 Å². The Morgan fingerprint density at radius 2 is 1.97 bits per heavy atom. The first-order valence-corrected chi connectivity index (χ1v) is 11.5. The highest BCUT2D eigenvalue weighted by molar-refractivity contribution is 9.10. The van der Waals surface area contributed by atoms with Gasteiger partial charge in [-0.15, -0.1) is 0 Å². The molecule has 2 atom stereocenters. The summed E-state index contributed by atoms with van der Waals surface area (Å²) in [5.74, 6) is 3.48. The average molecular weight is 481 g/mol. The zero-order valence-corrected chi connectivity index (χ0v) is 19.3. The topological polar surface area (TPSA) is 47.2 Å². The molecule has 0 radical (unpaired) electrons. The number of benzene rings is 2. The van der Waals surface area contributed by atoms with Crippen LogP contribution in [0.3, 0.4) is 0 Å². The number of nitrogens with zero attached hydrogens (tertiary/aromatic N) is 2. The molecule has 3 aromatic rings. The molecule has 1 aromatic heterocycles. The lowest BCUT2D eigenvalue weighted by atomic mass is 9.97. The van der Waals surface area contributed by atoms with E-state index in [1.165, 1.54) is 0 Å². The number of hydrogen-bond donors (Lipinski definition) is 0. The van der Waals surface area contributed by atoms with E-state index in [4.69, 9.17) is 19.0 Å². The van der Waals surface area contributed by atoms with Crippen LogP contribution in [0.5, 0.6) is 11.5 Å². The van der Waals surface area contributed by atoms with Crippen LogP contribution >= 0.6 is 15.9 Å². The number of hydrazone groups is 1. The van der Waals surface area contributed by atoms with Gasteiger partial charge in [0.15, 0.2) is 0 Å². The zero-order valence-electron chi connectivity index (χ0n) is 17.7. The first-order chi connectivity index (χ1) is 15.1. The van der Waals surface area contributed by atoms with E-state index < -0.39 is 0 Å². The molecule has 0 unspecified atom stereocenters. The molecule has 0 saturated heterocycles. The highest BCUT2D eigenvalue weighted by Gasteiger charge is 2.41. The third-order valence-electron chi connectivity index (χ3n) is 5.71. The highest BCUT2D eigenvalue weighted by Crippen LogP contribution is 2.48. The number of fused-ring (bicyclic) bond motifs is 3. The molecule has 0 spiro atoms. The molecule has 0 fully saturated rings. The Hall–Kier alpha value is -2.73. The predicted molar refractivity (Wildman–Crippen MR) is 124 cm³/mol. The van der Waals surface area contributed by atoms with Crippen molar-refractivity contribution in [3.05, 3.63) is 81.7 Å². The standard InChI is InChI=1S/C25H25BrN2O3/c1-3-4-13-29-19-9-6-17(7-10-19)25-28-22(20-14-18(26)8-12-23(20)31-25)15-21(27-28)24-11-5-16(2)30-24/h5-12,14,22,25H,3-4,13,15H2,1-2H3/t22-,25-/m0/s1. The lowest BCUT2D eigenvalue weighted by Gasteiger charge is -2.38. The van der Waals surface area contributed by atoms with Crippen LogP contribution in [0.2, 0.25) is 0 Å². The van der Waals surface area contributed by atoms with Crippen molar-refractivity contribution in [2.45, 2.75) is 45.4 Å². The first-order valence-electron chi connectivity index (χ1n) is 10.7. The Labute approximate surface area is 190 Å². The van der Waals surface area contributed by atoms with Crippen molar-refractivity contribution >= 4 is 21.6 Å². The normalized spacial score (nSPS) is 19.5. The maximum Gasteiger partial charge on any atom is 0.213 e. The van der Waals surface area contributed by atoms with Gasteiger partial charge in [0.25, 0.3) is 0 Å². The zero-order chi connectivity index (χ0) is 21.4. The number of aryl methyl sites for hydroxylation is 1. The van der Waals surface area contributed by atoms with Crippen LogP contribution in [0.15, 0.2) is 68.6 Å². The molecule has 0 N–H and O–H groups in total. The smallest absolute Gasteiger partial charge is 0.213 e. The van der Waals surface area contributed by atoms with E-state index in [-0.39, 0.29) is 12.3 Å². The largest absolute Gasteiger partial charge is 0.494 e. The molecule has 6 heteroatoms. The Morgan fingerprint density at radius 3 is 2.71 bits per heavy atom. The van der Waals surface area contributed by atoms with Crippen molar-refractivity contribution in [3.63, 3.8) is 0 Å². The number of hydrogen-bond acceptors (Lipinski definition) is 5. The van der Waals surface area contributed by atoms with E-state index in [1.807, 2.05) is 43.3 Å². The van der Waals surface area contributed by atoms with Crippen LogP contribution in [0.4, 0.5) is 0 Å². The summed E-state index contributed by atoms with van der Waals surface area (Å²) in [5.41, 5.74) is 3.12. The van der Waals surface area contributed by atoms with E-state index in [0.29, 0.717) is 0 Å². The quantitative estimate of drug-likeness (QED) is 0.365. The monoisotopic (exact) mass is 480 g/mol. The van der Waals surface area contributed by atoms with Gasteiger partial charge in [-0.25, -0.2) is 5.01 Å². The Morgan fingerprint density at radius 1 is 1.13 bits per heavy atom. The summed E-state index contributed by atoms with van der Waals surface area (Å²) in [5, 5.41) is 7.01. The van der Waals surface area contributed by atoms with Gasteiger partial charge in [0.2, 0.25) is 6.23 Å². The molecule has 0 saturated carbocycles. The lowest BCUT2D eigenvalue weighted by Crippen LogP contribution is -2.33. The van der Waals surface area contributed by atoms with Crippen molar-refractivity contribution < 1.29 is 13.9 Å². The van der Waals surface area contributed by atoms with Crippen LogP contribution in [-0.4, -0.2) is 17.3 Å². The molecule has 3 heterocycles. The first kappa shape index (κ1) is 20.2. The third kappa shape index (κ3) is 3.97. The molecule has 5 rings (SSSR count). The molecule has 2 aliphatic rings. The fourth-order valence-corrected chi connectivity index (χ4v) is 4.46. The van der Waals surface area contributed by atoms with Crippen molar-refractivity contribution in [2.24, 2.45) is 5.10 Å². The molecule has 0 bridgehead atoms. The number of ether oxygens (including phenoxy) is 2. The fourth-order valence-electron chi connectivity index (χ4n) is 4.08. The third-order valence-corrected chi connectivity index (χ3v) is 6.20. The van der Waals surface area contributed by atoms with Gasteiger partial charge >= 0.3 is 0 Å². The Kier molecular flexibility index (Phi) is 5.48. The molecule has 2 aliphatic heterocycles. The van der Waals surface area contributed by atoms with Gasteiger partial charge in [0, 0.05) is 22.0 Å². The number of halogens is 1. The summed E-state index contributed by atoms with van der Waals surface area (Å²) in [7, 11) is 0. The van der Waals surface area contributed by atoms with Crippen LogP contribution in [0.1, 0.15) is 61.1 Å². The fraction of sp³-hybridized carbons (Fsp3) is 0.320. The maximum atomic E-state index is 6.44. The van der Waals surface area contributed by atoms with Gasteiger partial charge in [-0.05, 0) is 67.9 Å². The second-order valence-electron chi connectivity index (χ2n) is 7.98. The molecule has 0 aliphatic carbocycles. The minimum Gasteiger partial charge on any atom is -0.494 e. The van der Waals surface area contributed by atoms with Gasteiger partial charge in [0.05, 0.1) is 12.6 Å². The van der Waals surface area contributed by atoms with Crippen molar-refractivity contribution in [1.29, 1.82) is 0 Å². The van der Waals surface area contributed by atoms with Gasteiger partial charge in [-0.2, -0.15) is 5.10 Å². The van der Waals surface area contributed by atoms with Crippen molar-refractivity contribution in [2.75, 3.05) is 6.61 Å². The second-order valence-corrected chi connectivity index (χ2v) is 8.90. The van der Waals surface area contributed by atoms with Gasteiger partial charge in [-0.1, -0.05) is 29.3 Å². The number of furan rings is 1. The highest BCUT2D eigenvalue weighted by atomic mass is 79.9. The van der Waals surface area contributed by atoms with Crippen molar-refractivity contribution in [3.8, 4) is 11.5 Å². The van der Waals surface area contributed by atoms with E-state index in [9.17, 15) is 0 Å². The van der Waals surface area contributed by atoms with Gasteiger partial charge < -0.3 is 13.9 Å². The Bertz CT molecular complexity index is 1110. The molecular formula is C25H25BrN2O3. The molecule has 0 amide bonds. The molecule has 2 aromatic carbocycles. The second kappa shape index (κ2) is 8.42. The summed E-state index contributed by atoms with van der Waals surface area (Å²) < 4.78 is 19.2. The number of unbranched alkanes of at least 4 members (excludes halogenated alkanes) is 1. The molecule has 5 nitrogen and oxygen atoms in total. The van der Waals surface area contributed by atoms with E-state index in [0.717, 1.165) is 70.2 Å². The van der Waals surface area contributed by atoms with E-state index >= 15 is 0 Å². The van der Waals surface area contributed by atoms with E-state index in [1.54, 1.807) is 0 Å². The summed E-state index contributed by atoms with van der Waals surface area (Å²) >= 11 is 3.60. The average Bonchev–Trinajstić information content (AvgIpc) is 3.41. The Balaban J connectivity index is 1.48. The van der Waals surface area contributed by atoms with Crippen LogP contribution < -0.4 is 9.47 Å². The number of rotatable bonds is 6. The molecule has 160 valence electrons. The summed E-state index contributed by atoms with van der Waals surface area (Å²) in [6, 6.07) is 18.4. The maximum absolute atomic E-state index is 6.44. The SMILES string of the molecule is CCCCOc1ccc([C@@H]2Oc3ccc(Br)cc3[C@@H]3CC(c4ccc(C)o4)=NN32)cc1. The predicted octanol–water partition coefficient (Wildman–Crippen LogP) is 6.77. The minimum absolute atomic E-state index is 0.0899. The van der Waals surface area contributed by atoms with Crippen LogP contribution in [0.25, 0.3) is 0 Å². The lowest BCUT2D eigenvalue weighted by molar-refractivity contribution is -0.0191. The van der Waals surface area contributed by atoms with Crippen LogP contribution in [0, 0.1) is 6.92 Å². The minimum atomic E-state index is -0.308. The van der Waals surface area contributed by atoms with Gasteiger partial charge in [0.1, 0.15) is 28.7 Å². The summed E-state index contributed by atoms with van der Waals surface area (Å²) in [6.07, 6.45) is 2.64. The molecular weight excluding hydrogens is 456 g/mol. The summed E-state index contributed by atoms with van der Waals surface area (Å²) in [4.78, 5) is 0. The summed E-state index contributed by atoms with van der Waals surface area (Å²) in [6.45, 7) is 4.85. The molecule has 31 heavy (non-hydrogen) atoms. The van der Waals surface area contributed by atoms with Crippen LogP contribution in [-0.2, 0) is 0 Å². The van der Waals surface area contributed by atoms with Crippen molar-refractivity contribution in [1.82, 2.24) is 5.01 Å². The van der Waals surface area contributed by atoms with E-state index in [2.05, 4.69) is 46.1 Å².